The molecule has 1 aliphatic rings. The molecule has 0 saturated carbocycles. The van der Waals surface area contributed by atoms with Gasteiger partial charge in [0.15, 0.2) is 0 Å². The Kier molecular flexibility index (Phi) is 5.04. The van der Waals surface area contributed by atoms with E-state index < -0.39 is 5.97 Å². The third kappa shape index (κ3) is 3.35. The van der Waals surface area contributed by atoms with Gasteiger partial charge >= 0.3 is 11.7 Å². The molecule has 0 fully saturated rings. The lowest BCUT2D eigenvalue weighted by molar-refractivity contribution is 0.0600. The van der Waals surface area contributed by atoms with Crippen molar-refractivity contribution in [2.75, 3.05) is 13.7 Å². The minimum absolute atomic E-state index is 0.208. The first-order valence-corrected chi connectivity index (χ1v) is 9.98. The Bertz CT molecular complexity index is 1140. The highest BCUT2D eigenvalue weighted by molar-refractivity contribution is 7.18. The van der Waals surface area contributed by atoms with E-state index in [2.05, 4.69) is 9.72 Å². The number of aromatic nitrogens is 2. The molecular formula is C20H20N2O5S. The van der Waals surface area contributed by atoms with E-state index in [0.717, 1.165) is 24.8 Å². The van der Waals surface area contributed by atoms with Crippen molar-refractivity contribution in [1.82, 2.24) is 9.55 Å². The Morgan fingerprint density at radius 3 is 2.75 bits per heavy atom. The maximum Gasteiger partial charge on any atom is 0.337 e. The van der Waals surface area contributed by atoms with Crippen molar-refractivity contribution in [2.24, 2.45) is 0 Å². The van der Waals surface area contributed by atoms with Gasteiger partial charge in [-0.25, -0.2) is 9.59 Å². The van der Waals surface area contributed by atoms with Gasteiger partial charge in [-0.05, 0) is 55.5 Å². The van der Waals surface area contributed by atoms with Gasteiger partial charge in [0.05, 0.1) is 24.7 Å². The van der Waals surface area contributed by atoms with Crippen molar-refractivity contribution in [3.63, 3.8) is 0 Å². The molecular weight excluding hydrogens is 380 g/mol. The van der Waals surface area contributed by atoms with Crippen molar-refractivity contribution < 1.29 is 14.3 Å². The molecule has 1 N–H and O–H groups in total. The number of rotatable bonds is 6. The molecule has 2 aromatic heterocycles. The molecule has 0 spiro atoms. The lowest BCUT2D eigenvalue weighted by Crippen LogP contribution is -2.35. The summed E-state index contributed by atoms with van der Waals surface area (Å²) in [4.78, 5) is 41.3. The summed E-state index contributed by atoms with van der Waals surface area (Å²) in [6, 6.07) is 6.63. The number of carbonyl (C=O) groups excluding carboxylic acids is 1. The predicted octanol–water partition coefficient (Wildman–Crippen LogP) is 2.50. The zero-order valence-corrected chi connectivity index (χ0v) is 16.3. The van der Waals surface area contributed by atoms with Crippen LogP contribution in [0.2, 0.25) is 0 Å². The quantitative estimate of drug-likeness (QED) is 0.507. The Balaban J connectivity index is 1.43. The van der Waals surface area contributed by atoms with Crippen molar-refractivity contribution >= 4 is 27.5 Å². The summed E-state index contributed by atoms with van der Waals surface area (Å²) in [5, 5.41) is 0.677. The standard InChI is InChI=1S/C20H20N2O5S/c1-26-19(24)12-6-8-13(9-7-12)27-11-3-10-22-18(23)16-14-4-2-5-15(14)28-17(16)21-20(22)25/h6-9H,2-5,10-11H2,1H3,(H,21,25). The lowest BCUT2D eigenvalue weighted by Gasteiger charge is -2.08. The molecule has 7 nitrogen and oxygen atoms in total. The Morgan fingerprint density at radius 2 is 2.00 bits per heavy atom. The fourth-order valence-electron chi connectivity index (χ4n) is 3.53. The third-order valence-electron chi connectivity index (χ3n) is 4.92. The maximum atomic E-state index is 12.8. The number of aromatic amines is 1. The molecule has 1 aromatic carbocycles. The molecule has 3 aromatic rings. The zero-order valence-electron chi connectivity index (χ0n) is 15.4. The fourth-order valence-corrected chi connectivity index (χ4v) is 4.80. The smallest absolute Gasteiger partial charge is 0.337 e. The molecule has 0 saturated heterocycles. The SMILES string of the molecule is COC(=O)c1ccc(OCCCn2c(=O)[nH]c3sc4c(c3c2=O)CCC4)cc1. The van der Waals surface area contributed by atoms with Crippen LogP contribution in [-0.4, -0.2) is 29.2 Å². The Hall–Kier alpha value is -2.87. The van der Waals surface area contributed by atoms with E-state index in [1.165, 1.54) is 27.9 Å². The fraction of sp³-hybridized carbons (Fsp3) is 0.350. The van der Waals surface area contributed by atoms with E-state index in [0.29, 0.717) is 34.6 Å². The number of aryl methyl sites for hydroxylation is 2. The van der Waals surface area contributed by atoms with Gasteiger partial charge in [-0.1, -0.05) is 0 Å². The second-order valence-electron chi connectivity index (χ2n) is 6.67. The van der Waals surface area contributed by atoms with E-state index >= 15 is 0 Å². The van der Waals surface area contributed by atoms with E-state index in [1.807, 2.05) is 0 Å². The molecule has 2 heterocycles. The summed E-state index contributed by atoms with van der Waals surface area (Å²) in [6.45, 7) is 0.637. The summed E-state index contributed by atoms with van der Waals surface area (Å²) in [7, 11) is 1.33. The summed E-state index contributed by atoms with van der Waals surface area (Å²) in [6.07, 6.45) is 3.47. The number of fused-ring (bicyclic) bond motifs is 3. The average molecular weight is 400 g/mol. The van der Waals surface area contributed by atoms with E-state index in [4.69, 9.17) is 4.74 Å². The lowest BCUT2D eigenvalue weighted by atomic mass is 10.2. The van der Waals surface area contributed by atoms with Gasteiger partial charge in [-0.3, -0.25) is 14.3 Å². The average Bonchev–Trinajstić information content (AvgIpc) is 3.27. The first-order valence-electron chi connectivity index (χ1n) is 9.17. The number of benzene rings is 1. The van der Waals surface area contributed by atoms with Crippen molar-refractivity contribution in [2.45, 2.75) is 32.2 Å². The number of H-pyrrole nitrogens is 1. The second-order valence-corrected chi connectivity index (χ2v) is 7.77. The summed E-state index contributed by atoms with van der Waals surface area (Å²) in [5.41, 5.74) is 0.974. The van der Waals surface area contributed by atoms with E-state index in [1.54, 1.807) is 24.3 Å². The topological polar surface area (TPSA) is 90.4 Å². The first-order chi connectivity index (χ1) is 13.6. The molecule has 28 heavy (non-hydrogen) atoms. The van der Waals surface area contributed by atoms with Crippen LogP contribution in [0.4, 0.5) is 0 Å². The number of nitrogens with zero attached hydrogens (tertiary/aromatic N) is 1. The van der Waals surface area contributed by atoms with Crippen LogP contribution in [0.25, 0.3) is 10.2 Å². The number of methoxy groups -OCH3 is 1. The van der Waals surface area contributed by atoms with Gasteiger partial charge in [0.25, 0.3) is 5.56 Å². The second kappa shape index (κ2) is 7.63. The molecule has 4 rings (SSSR count). The van der Waals surface area contributed by atoms with Gasteiger partial charge in [0.2, 0.25) is 0 Å². The maximum absolute atomic E-state index is 12.8. The van der Waals surface area contributed by atoms with E-state index in [9.17, 15) is 14.4 Å². The molecule has 0 amide bonds. The number of carbonyl (C=O) groups is 1. The van der Waals surface area contributed by atoms with Gasteiger partial charge in [-0.15, -0.1) is 11.3 Å². The number of esters is 1. The number of thiophene rings is 1. The van der Waals surface area contributed by atoms with Crippen LogP contribution < -0.4 is 16.0 Å². The number of nitrogens with one attached hydrogen (secondary N) is 1. The molecule has 8 heteroatoms. The highest BCUT2D eigenvalue weighted by Gasteiger charge is 2.21. The Morgan fingerprint density at radius 1 is 1.21 bits per heavy atom. The molecule has 0 radical (unpaired) electrons. The normalized spacial score (nSPS) is 12.9. The highest BCUT2D eigenvalue weighted by atomic mass is 32.1. The number of hydrogen-bond acceptors (Lipinski definition) is 6. The van der Waals surface area contributed by atoms with Crippen LogP contribution in [0.3, 0.4) is 0 Å². The minimum atomic E-state index is -0.402. The molecule has 0 aliphatic heterocycles. The molecule has 146 valence electrons. The van der Waals surface area contributed by atoms with Crippen LogP contribution in [0.15, 0.2) is 33.9 Å². The number of ether oxygens (including phenoxy) is 2. The molecule has 1 aliphatic carbocycles. The zero-order chi connectivity index (χ0) is 19.7. The van der Waals surface area contributed by atoms with Crippen molar-refractivity contribution in [3.05, 3.63) is 61.1 Å². The Labute approximate surface area is 164 Å². The third-order valence-corrected chi connectivity index (χ3v) is 6.12. The van der Waals surface area contributed by atoms with Crippen molar-refractivity contribution in [3.8, 4) is 5.75 Å². The van der Waals surface area contributed by atoms with Crippen LogP contribution in [0, 0.1) is 0 Å². The largest absolute Gasteiger partial charge is 0.494 e. The summed E-state index contributed by atoms with van der Waals surface area (Å²) >= 11 is 1.53. The van der Waals surface area contributed by atoms with Gasteiger partial charge in [0.1, 0.15) is 10.6 Å². The number of hydrogen-bond donors (Lipinski definition) is 1. The van der Waals surface area contributed by atoms with E-state index in [-0.39, 0.29) is 17.8 Å². The predicted molar refractivity (Wildman–Crippen MR) is 107 cm³/mol. The van der Waals surface area contributed by atoms with Gasteiger partial charge in [-0.2, -0.15) is 0 Å². The first kappa shape index (κ1) is 18.5. The monoisotopic (exact) mass is 400 g/mol. The van der Waals surface area contributed by atoms with Gasteiger partial charge in [0, 0.05) is 11.4 Å². The van der Waals surface area contributed by atoms with Crippen LogP contribution in [-0.2, 0) is 24.1 Å². The molecule has 0 unspecified atom stereocenters. The molecule has 0 atom stereocenters. The van der Waals surface area contributed by atoms with Crippen molar-refractivity contribution in [1.29, 1.82) is 0 Å². The molecule has 0 bridgehead atoms. The van der Waals surface area contributed by atoms with Crippen LogP contribution >= 0.6 is 11.3 Å². The highest BCUT2D eigenvalue weighted by Crippen LogP contribution is 2.33. The minimum Gasteiger partial charge on any atom is -0.494 e. The van der Waals surface area contributed by atoms with Crippen LogP contribution in [0.5, 0.6) is 5.75 Å². The van der Waals surface area contributed by atoms with Crippen LogP contribution in [0.1, 0.15) is 33.6 Å². The summed E-state index contributed by atoms with van der Waals surface area (Å²) in [5.74, 6) is 0.209. The van der Waals surface area contributed by atoms with Gasteiger partial charge < -0.3 is 9.47 Å². The summed E-state index contributed by atoms with van der Waals surface area (Å²) < 4.78 is 11.6.